The Morgan fingerprint density at radius 3 is 2.84 bits per heavy atom. The minimum absolute atomic E-state index is 0.0143. The fraction of sp³-hybridized carbons (Fsp3) is 0.105. The molecule has 0 aliphatic carbocycles. The Morgan fingerprint density at radius 1 is 1.28 bits per heavy atom. The summed E-state index contributed by atoms with van der Waals surface area (Å²) in [4.78, 5) is 28.1. The Kier molecular flexibility index (Phi) is 5.69. The highest BCUT2D eigenvalue weighted by Gasteiger charge is 2.22. The number of nitrogens with one attached hydrogen (secondary N) is 1. The number of fused-ring (bicyclic) bond motifs is 1. The van der Waals surface area contributed by atoms with Crippen LogP contribution in [0.3, 0.4) is 0 Å². The van der Waals surface area contributed by atoms with E-state index in [1.54, 1.807) is 12.1 Å². The molecule has 13 heteroatoms. The fourth-order valence-electron chi connectivity index (χ4n) is 2.99. The molecule has 1 amide bonds. The van der Waals surface area contributed by atoms with Crippen LogP contribution < -0.4 is 10.1 Å². The molecule has 4 rings (SSSR count). The number of benzene rings is 1. The zero-order chi connectivity index (χ0) is 22.8. The van der Waals surface area contributed by atoms with E-state index < -0.39 is 25.0 Å². The van der Waals surface area contributed by atoms with Crippen LogP contribution in [0.25, 0.3) is 16.9 Å². The van der Waals surface area contributed by atoms with Gasteiger partial charge >= 0.3 is 12.6 Å². The molecule has 0 saturated heterocycles. The summed E-state index contributed by atoms with van der Waals surface area (Å²) in [7, 11) is 0. The molecule has 0 aliphatic heterocycles. The molecule has 32 heavy (non-hydrogen) atoms. The van der Waals surface area contributed by atoms with Crippen molar-refractivity contribution >= 4 is 34.8 Å². The van der Waals surface area contributed by atoms with Crippen molar-refractivity contribution in [2.24, 2.45) is 0 Å². The lowest BCUT2D eigenvalue weighted by Gasteiger charge is -2.11. The van der Waals surface area contributed by atoms with Gasteiger partial charge in [0.1, 0.15) is 18.0 Å². The van der Waals surface area contributed by atoms with Crippen LogP contribution in [-0.2, 0) is 11.3 Å². The molecule has 1 aromatic carbocycles. The minimum Gasteiger partial charge on any atom is -0.480 e. The van der Waals surface area contributed by atoms with Crippen molar-refractivity contribution in [1.29, 1.82) is 0 Å². The fourth-order valence-corrected chi connectivity index (χ4v) is 3.16. The molecule has 0 saturated carbocycles. The summed E-state index contributed by atoms with van der Waals surface area (Å²) >= 11 is 6.02. The maximum atomic E-state index is 12.9. The number of carbonyl (C=O) groups excluding carboxylic acids is 1. The first-order valence-electron chi connectivity index (χ1n) is 8.96. The highest BCUT2D eigenvalue weighted by Crippen LogP contribution is 2.37. The molecule has 164 valence electrons. The molecule has 3 aromatic heterocycles. The summed E-state index contributed by atoms with van der Waals surface area (Å²) in [5.74, 6) is -2.08. The number of aromatic nitrogens is 5. The number of hydrogen-bond donors (Lipinski definition) is 2. The molecule has 0 radical (unpaired) electrons. The van der Waals surface area contributed by atoms with Crippen LogP contribution in [0.15, 0.2) is 48.9 Å². The SMILES string of the molecule is O=C(O)Cn1cc(NC(=O)c2cnc3cccnn23)c(-c2cc(Cl)ccc2OC(F)F)n1. The van der Waals surface area contributed by atoms with Crippen molar-refractivity contribution < 1.29 is 28.2 Å². The molecule has 0 atom stereocenters. The average molecular weight is 463 g/mol. The number of ether oxygens (including phenoxy) is 1. The zero-order valence-electron chi connectivity index (χ0n) is 15.9. The molecule has 0 fully saturated rings. The molecule has 0 aliphatic rings. The standard InChI is InChI=1S/C19H13ClF2N6O4/c20-10-3-4-14(32-19(21)22)11(6-10)17-12(8-27(26-17)9-16(29)30)25-18(31)13-7-23-15-2-1-5-24-28(13)15/h1-8,19H,9H2,(H,25,31)(H,29,30). The highest BCUT2D eigenvalue weighted by atomic mass is 35.5. The Balaban J connectivity index is 1.77. The number of carboxylic acid groups (broad SMARTS) is 1. The molecule has 10 nitrogen and oxygen atoms in total. The quantitative estimate of drug-likeness (QED) is 0.432. The molecule has 3 heterocycles. The van der Waals surface area contributed by atoms with E-state index >= 15 is 0 Å². The van der Waals surface area contributed by atoms with E-state index in [4.69, 9.17) is 16.7 Å². The lowest BCUT2D eigenvalue weighted by molar-refractivity contribution is -0.137. The number of hydrogen-bond acceptors (Lipinski definition) is 6. The number of amides is 1. The van der Waals surface area contributed by atoms with E-state index in [0.717, 1.165) is 4.68 Å². The number of carboxylic acids is 1. The number of aliphatic carboxylic acids is 1. The van der Waals surface area contributed by atoms with E-state index in [-0.39, 0.29) is 33.4 Å². The number of alkyl halides is 2. The monoisotopic (exact) mass is 462 g/mol. The van der Waals surface area contributed by atoms with Gasteiger partial charge in [0, 0.05) is 23.0 Å². The first-order valence-corrected chi connectivity index (χ1v) is 9.33. The second kappa shape index (κ2) is 8.59. The molecule has 0 bridgehead atoms. The van der Waals surface area contributed by atoms with Gasteiger partial charge in [0.15, 0.2) is 11.3 Å². The van der Waals surface area contributed by atoms with Crippen LogP contribution in [-0.4, -0.2) is 48.0 Å². The van der Waals surface area contributed by atoms with Crippen molar-refractivity contribution in [2.45, 2.75) is 13.2 Å². The van der Waals surface area contributed by atoms with Crippen molar-refractivity contribution in [3.05, 3.63) is 59.6 Å². The predicted octanol–water partition coefficient (Wildman–Crippen LogP) is 3.18. The van der Waals surface area contributed by atoms with Gasteiger partial charge in [0.2, 0.25) is 0 Å². The topological polar surface area (TPSA) is 124 Å². The van der Waals surface area contributed by atoms with Gasteiger partial charge in [-0.2, -0.15) is 19.0 Å². The molecular formula is C19H13ClF2N6O4. The summed E-state index contributed by atoms with van der Waals surface area (Å²) in [5, 5.41) is 20.1. The predicted molar refractivity (Wildman–Crippen MR) is 108 cm³/mol. The van der Waals surface area contributed by atoms with Gasteiger partial charge in [-0.25, -0.2) is 9.50 Å². The molecule has 4 aromatic rings. The Labute approximate surface area is 183 Å². The van der Waals surface area contributed by atoms with Crippen LogP contribution in [0.1, 0.15) is 10.5 Å². The van der Waals surface area contributed by atoms with Gasteiger partial charge in [-0.15, -0.1) is 0 Å². The van der Waals surface area contributed by atoms with Gasteiger partial charge in [0.05, 0.1) is 11.9 Å². The first kappa shape index (κ1) is 21.2. The second-order valence-electron chi connectivity index (χ2n) is 6.39. The molecule has 0 unspecified atom stereocenters. The third-order valence-electron chi connectivity index (χ3n) is 4.23. The summed E-state index contributed by atoms with van der Waals surface area (Å²) < 4.78 is 32.7. The van der Waals surface area contributed by atoms with E-state index in [1.807, 2.05) is 0 Å². The third-order valence-corrected chi connectivity index (χ3v) is 4.47. The number of anilines is 1. The van der Waals surface area contributed by atoms with Crippen molar-refractivity contribution in [1.82, 2.24) is 24.4 Å². The van der Waals surface area contributed by atoms with Crippen LogP contribution in [0, 0.1) is 0 Å². The van der Waals surface area contributed by atoms with E-state index in [0.29, 0.717) is 5.65 Å². The highest BCUT2D eigenvalue weighted by molar-refractivity contribution is 6.31. The Morgan fingerprint density at radius 2 is 2.09 bits per heavy atom. The summed E-state index contributed by atoms with van der Waals surface area (Å²) in [6, 6.07) is 7.19. The van der Waals surface area contributed by atoms with Gasteiger partial charge in [-0.1, -0.05) is 11.6 Å². The van der Waals surface area contributed by atoms with Crippen LogP contribution in [0.2, 0.25) is 5.02 Å². The van der Waals surface area contributed by atoms with E-state index in [9.17, 15) is 18.4 Å². The van der Waals surface area contributed by atoms with Gasteiger partial charge in [-0.3, -0.25) is 14.3 Å². The molecular weight excluding hydrogens is 450 g/mol. The smallest absolute Gasteiger partial charge is 0.387 e. The Bertz CT molecular complexity index is 1320. The van der Waals surface area contributed by atoms with Crippen molar-refractivity contribution in [3.63, 3.8) is 0 Å². The Hall–Kier alpha value is -4.06. The first-order chi connectivity index (χ1) is 15.3. The second-order valence-corrected chi connectivity index (χ2v) is 6.83. The van der Waals surface area contributed by atoms with Crippen LogP contribution in [0.4, 0.5) is 14.5 Å². The van der Waals surface area contributed by atoms with Gasteiger partial charge < -0.3 is 15.2 Å². The van der Waals surface area contributed by atoms with Crippen LogP contribution >= 0.6 is 11.6 Å². The lowest BCUT2D eigenvalue weighted by Crippen LogP contribution is -2.15. The maximum absolute atomic E-state index is 12.9. The largest absolute Gasteiger partial charge is 0.480 e. The number of halogens is 3. The van der Waals surface area contributed by atoms with E-state index in [2.05, 4.69) is 25.2 Å². The molecule has 0 spiro atoms. The lowest BCUT2D eigenvalue weighted by atomic mass is 10.1. The van der Waals surface area contributed by atoms with Crippen molar-refractivity contribution in [3.8, 4) is 17.0 Å². The summed E-state index contributed by atoms with van der Waals surface area (Å²) in [6.45, 7) is -3.66. The number of imidazole rings is 1. The van der Waals surface area contributed by atoms with Crippen molar-refractivity contribution in [2.75, 3.05) is 5.32 Å². The number of rotatable bonds is 7. The summed E-state index contributed by atoms with van der Waals surface area (Å²) in [5.41, 5.74) is 0.589. The molecule has 2 N–H and O–H groups in total. The number of carbonyl (C=O) groups is 2. The van der Waals surface area contributed by atoms with E-state index in [1.165, 1.54) is 41.3 Å². The van der Waals surface area contributed by atoms with Gasteiger partial charge in [-0.05, 0) is 30.3 Å². The van der Waals surface area contributed by atoms with Crippen LogP contribution in [0.5, 0.6) is 5.75 Å². The normalized spacial score (nSPS) is 11.1. The third kappa shape index (κ3) is 4.34. The minimum atomic E-state index is -3.13. The summed E-state index contributed by atoms with van der Waals surface area (Å²) in [6.07, 6.45) is 4.04. The van der Waals surface area contributed by atoms with Gasteiger partial charge in [0.25, 0.3) is 5.91 Å². The average Bonchev–Trinajstić information content (AvgIpc) is 3.32. The number of nitrogens with zero attached hydrogens (tertiary/aromatic N) is 5. The maximum Gasteiger partial charge on any atom is 0.387 e. The zero-order valence-corrected chi connectivity index (χ0v) is 16.7.